The number of rotatable bonds is 6. The lowest BCUT2D eigenvalue weighted by Gasteiger charge is -2.27. The second-order valence-corrected chi connectivity index (χ2v) is 7.64. The van der Waals surface area contributed by atoms with E-state index in [-0.39, 0.29) is 0 Å². The molecule has 1 saturated carbocycles. The number of anilines is 1. The van der Waals surface area contributed by atoms with E-state index in [1.807, 2.05) is 18.2 Å². The Labute approximate surface area is 143 Å². The van der Waals surface area contributed by atoms with Crippen LogP contribution in [0.3, 0.4) is 0 Å². The molecule has 1 fully saturated rings. The van der Waals surface area contributed by atoms with E-state index >= 15 is 0 Å². The van der Waals surface area contributed by atoms with Crippen LogP contribution >= 0.6 is 31.9 Å². The Balaban J connectivity index is 1.68. The Morgan fingerprint density at radius 2 is 2.00 bits per heavy atom. The van der Waals surface area contributed by atoms with E-state index in [4.69, 9.17) is 4.74 Å². The minimum Gasteiger partial charge on any atom is -0.389 e. The first-order chi connectivity index (χ1) is 10.0. The molecular weight excluding hydrogens is 398 g/mol. The predicted molar refractivity (Wildman–Crippen MR) is 93.7 cm³/mol. The lowest BCUT2D eigenvalue weighted by atomic mass is 9.89. The molecule has 0 heterocycles. The SMILES string of the molecule is CC1CCC(OCC(O)CNc2ccc(Br)cc2Br)CC1. The van der Waals surface area contributed by atoms with Crippen molar-refractivity contribution in [2.45, 2.75) is 44.8 Å². The summed E-state index contributed by atoms with van der Waals surface area (Å²) in [5.41, 5.74) is 0.976. The summed E-state index contributed by atoms with van der Waals surface area (Å²) in [5, 5.41) is 13.3. The quantitative estimate of drug-likeness (QED) is 0.707. The molecule has 1 aliphatic rings. The van der Waals surface area contributed by atoms with Gasteiger partial charge in [-0.25, -0.2) is 0 Å². The first kappa shape index (κ1) is 17.3. The molecule has 1 aromatic rings. The maximum absolute atomic E-state index is 10.0. The smallest absolute Gasteiger partial charge is 0.0945 e. The van der Waals surface area contributed by atoms with Gasteiger partial charge in [-0.1, -0.05) is 22.9 Å². The van der Waals surface area contributed by atoms with E-state index in [0.717, 1.165) is 33.4 Å². The highest BCUT2D eigenvalue weighted by Crippen LogP contribution is 2.27. The lowest BCUT2D eigenvalue weighted by molar-refractivity contribution is -0.0245. The average molecular weight is 421 g/mol. The van der Waals surface area contributed by atoms with Crippen LogP contribution in [0.5, 0.6) is 0 Å². The van der Waals surface area contributed by atoms with E-state index < -0.39 is 6.10 Å². The molecule has 0 aliphatic heterocycles. The van der Waals surface area contributed by atoms with Crippen molar-refractivity contribution in [1.82, 2.24) is 0 Å². The van der Waals surface area contributed by atoms with Gasteiger partial charge in [-0.15, -0.1) is 0 Å². The van der Waals surface area contributed by atoms with Gasteiger partial charge in [0.2, 0.25) is 0 Å². The van der Waals surface area contributed by atoms with Crippen molar-refractivity contribution < 1.29 is 9.84 Å². The topological polar surface area (TPSA) is 41.5 Å². The van der Waals surface area contributed by atoms with Crippen LogP contribution < -0.4 is 5.32 Å². The van der Waals surface area contributed by atoms with Crippen LogP contribution in [0.2, 0.25) is 0 Å². The van der Waals surface area contributed by atoms with E-state index in [1.165, 1.54) is 12.8 Å². The highest BCUT2D eigenvalue weighted by molar-refractivity contribution is 9.11. The Bertz CT molecular complexity index is 448. The average Bonchev–Trinajstić information content (AvgIpc) is 2.46. The number of halogens is 2. The summed E-state index contributed by atoms with van der Waals surface area (Å²) in [6, 6.07) is 5.93. The molecule has 1 atom stereocenters. The molecule has 0 radical (unpaired) electrons. The van der Waals surface area contributed by atoms with Gasteiger partial charge in [-0.2, -0.15) is 0 Å². The molecule has 2 N–H and O–H groups in total. The van der Waals surface area contributed by atoms with Gasteiger partial charge in [-0.05, 0) is 65.7 Å². The molecule has 0 aromatic heterocycles. The highest BCUT2D eigenvalue weighted by Gasteiger charge is 2.19. The fourth-order valence-electron chi connectivity index (χ4n) is 2.56. The van der Waals surface area contributed by atoms with Crippen LogP contribution in [0.1, 0.15) is 32.6 Å². The summed E-state index contributed by atoms with van der Waals surface area (Å²) in [6.07, 6.45) is 4.57. The van der Waals surface area contributed by atoms with Crippen molar-refractivity contribution in [3.05, 3.63) is 27.1 Å². The molecule has 0 spiro atoms. The molecular formula is C16H23Br2NO2. The molecule has 1 unspecified atom stereocenters. The van der Waals surface area contributed by atoms with Gasteiger partial charge in [0.25, 0.3) is 0 Å². The van der Waals surface area contributed by atoms with Gasteiger partial charge in [-0.3, -0.25) is 0 Å². The molecule has 2 rings (SSSR count). The van der Waals surface area contributed by atoms with Gasteiger partial charge in [0.1, 0.15) is 0 Å². The van der Waals surface area contributed by atoms with Crippen LogP contribution in [0.4, 0.5) is 5.69 Å². The van der Waals surface area contributed by atoms with Crippen molar-refractivity contribution >= 4 is 37.5 Å². The molecule has 0 amide bonds. The van der Waals surface area contributed by atoms with Crippen LogP contribution in [-0.2, 0) is 4.74 Å². The zero-order valence-electron chi connectivity index (χ0n) is 12.3. The molecule has 0 saturated heterocycles. The summed E-state index contributed by atoms with van der Waals surface area (Å²) in [4.78, 5) is 0. The predicted octanol–water partition coefficient (Wildman–Crippen LogP) is 4.58. The number of hydrogen-bond donors (Lipinski definition) is 2. The number of aliphatic hydroxyl groups is 1. The molecule has 118 valence electrons. The maximum Gasteiger partial charge on any atom is 0.0945 e. The van der Waals surface area contributed by atoms with Crippen molar-refractivity contribution in [1.29, 1.82) is 0 Å². The Hall–Kier alpha value is -0.100. The zero-order valence-corrected chi connectivity index (χ0v) is 15.5. The van der Waals surface area contributed by atoms with Gasteiger partial charge in [0.05, 0.1) is 18.8 Å². The number of ether oxygens (including phenoxy) is 1. The number of benzene rings is 1. The van der Waals surface area contributed by atoms with Gasteiger partial charge >= 0.3 is 0 Å². The van der Waals surface area contributed by atoms with Crippen LogP contribution in [-0.4, -0.2) is 30.5 Å². The second kappa shape index (κ2) is 8.51. The molecule has 5 heteroatoms. The maximum atomic E-state index is 10.0. The van der Waals surface area contributed by atoms with E-state index in [2.05, 4.69) is 44.1 Å². The minimum atomic E-state index is -0.486. The van der Waals surface area contributed by atoms with Crippen molar-refractivity contribution in [3.8, 4) is 0 Å². The summed E-state index contributed by atoms with van der Waals surface area (Å²) < 4.78 is 7.82. The Morgan fingerprint density at radius 3 is 2.67 bits per heavy atom. The molecule has 3 nitrogen and oxygen atoms in total. The highest BCUT2D eigenvalue weighted by atomic mass is 79.9. The summed E-state index contributed by atoms with van der Waals surface area (Å²) in [7, 11) is 0. The zero-order chi connectivity index (χ0) is 15.2. The largest absolute Gasteiger partial charge is 0.389 e. The first-order valence-electron chi connectivity index (χ1n) is 7.53. The van der Waals surface area contributed by atoms with Crippen LogP contribution in [0, 0.1) is 5.92 Å². The first-order valence-corrected chi connectivity index (χ1v) is 9.11. The monoisotopic (exact) mass is 419 g/mol. The molecule has 1 aromatic carbocycles. The minimum absolute atomic E-state index is 0.329. The number of hydrogen-bond acceptors (Lipinski definition) is 3. The van der Waals surface area contributed by atoms with E-state index in [9.17, 15) is 5.11 Å². The Kier molecular flexibility index (Phi) is 6.99. The van der Waals surface area contributed by atoms with E-state index in [0.29, 0.717) is 19.3 Å². The third-order valence-electron chi connectivity index (χ3n) is 3.95. The van der Waals surface area contributed by atoms with Crippen LogP contribution in [0.25, 0.3) is 0 Å². The lowest BCUT2D eigenvalue weighted by Crippen LogP contribution is -2.29. The van der Waals surface area contributed by atoms with E-state index in [1.54, 1.807) is 0 Å². The normalized spacial score (nSPS) is 23.8. The fraction of sp³-hybridized carbons (Fsp3) is 0.625. The Morgan fingerprint density at radius 1 is 1.29 bits per heavy atom. The summed E-state index contributed by atoms with van der Waals surface area (Å²) in [6.45, 7) is 3.19. The molecule has 1 aliphatic carbocycles. The van der Waals surface area contributed by atoms with Gasteiger partial charge in [0, 0.05) is 21.2 Å². The standard InChI is InChI=1S/C16H23Br2NO2/c1-11-2-5-14(6-3-11)21-10-13(20)9-19-16-7-4-12(17)8-15(16)18/h4,7-8,11,13-14,19-20H,2-3,5-6,9-10H2,1H3. The number of aliphatic hydroxyl groups excluding tert-OH is 1. The van der Waals surface area contributed by atoms with Gasteiger partial charge in [0.15, 0.2) is 0 Å². The molecule has 21 heavy (non-hydrogen) atoms. The summed E-state index contributed by atoms with van der Waals surface area (Å²) >= 11 is 6.92. The van der Waals surface area contributed by atoms with Gasteiger partial charge < -0.3 is 15.2 Å². The van der Waals surface area contributed by atoms with Crippen molar-refractivity contribution in [2.75, 3.05) is 18.5 Å². The summed E-state index contributed by atoms with van der Waals surface area (Å²) in [5.74, 6) is 0.825. The number of nitrogens with one attached hydrogen (secondary N) is 1. The fourth-order valence-corrected chi connectivity index (χ4v) is 3.75. The third-order valence-corrected chi connectivity index (χ3v) is 5.10. The second-order valence-electron chi connectivity index (χ2n) is 5.87. The van der Waals surface area contributed by atoms with Crippen molar-refractivity contribution in [2.24, 2.45) is 5.92 Å². The molecule has 0 bridgehead atoms. The third kappa shape index (κ3) is 5.89. The van der Waals surface area contributed by atoms with Crippen molar-refractivity contribution in [3.63, 3.8) is 0 Å². The van der Waals surface area contributed by atoms with Crippen LogP contribution in [0.15, 0.2) is 27.1 Å².